The summed E-state index contributed by atoms with van der Waals surface area (Å²) < 4.78 is 8.02. The fourth-order valence-corrected chi connectivity index (χ4v) is 0. The Morgan fingerprint density at radius 3 is 1.20 bits per heavy atom. The third kappa shape index (κ3) is 20.9. The molecule has 5 heteroatoms. The summed E-state index contributed by atoms with van der Waals surface area (Å²) in [5.41, 5.74) is 0. The van der Waals surface area contributed by atoms with Crippen LogP contribution in [0, 0.1) is 0 Å². The summed E-state index contributed by atoms with van der Waals surface area (Å²) in [7, 11) is 0. The summed E-state index contributed by atoms with van der Waals surface area (Å²) in [6.07, 6.45) is 0. The summed E-state index contributed by atoms with van der Waals surface area (Å²) in [5, 5.41) is 0. The molecule has 0 spiro atoms. The van der Waals surface area contributed by atoms with Crippen LogP contribution in [0.1, 0.15) is 0 Å². The Morgan fingerprint density at radius 1 is 1.20 bits per heavy atom. The maximum absolute atomic E-state index is 10.2. The Balaban J connectivity index is 3.47. The van der Waals surface area contributed by atoms with E-state index in [1.54, 1.807) is 0 Å². The fraction of sp³-hybridized carbons (Fsp3) is 0. The number of hydrogen-bond donors (Lipinski definition) is 0. The van der Waals surface area contributed by atoms with Crippen molar-refractivity contribution in [3.8, 4) is 0 Å². The van der Waals surface area contributed by atoms with Crippen LogP contribution in [0.4, 0.5) is 0 Å². The Kier molecular flexibility index (Phi) is 4.16. The monoisotopic (exact) mass is 472 g/mol. The molecule has 0 unspecified atom stereocenters. The van der Waals surface area contributed by atoms with Gasteiger partial charge in [-0.15, -0.1) is 0 Å². The van der Waals surface area contributed by atoms with E-state index in [9.17, 15) is 3.74 Å². The third-order valence-electron chi connectivity index (χ3n) is 0. The average Bonchev–Trinajstić information content (AvgIpc) is 0.722. The van der Waals surface area contributed by atoms with Crippen molar-refractivity contribution in [3.05, 3.63) is 0 Å². The van der Waals surface area contributed by atoms with E-state index in [1.165, 1.54) is 0 Å². The first-order valence-corrected chi connectivity index (χ1v) is 18.6. The van der Waals surface area contributed by atoms with Gasteiger partial charge >= 0.3 is 67.6 Å². The molecule has 0 N–H and O–H groups in total. The molecule has 0 rings (SSSR count). The summed E-state index contributed by atoms with van der Waals surface area (Å²) in [6.45, 7) is 0. The van der Waals surface area contributed by atoms with Crippen LogP contribution in [0.15, 0.2) is 0 Å². The van der Waals surface area contributed by atoms with Crippen LogP contribution < -0.4 is 0 Å². The topological polar surface area (TPSA) is 17.1 Å². The third-order valence-corrected chi connectivity index (χ3v) is 0. The average molecular weight is 472 g/mol. The zero-order valence-electron chi connectivity index (χ0n) is 1.99. The van der Waals surface area contributed by atoms with E-state index in [-0.39, 0.29) is 0 Å². The van der Waals surface area contributed by atoms with Gasteiger partial charge in [-0.2, -0.15) is 0 Å². The molecule has 0 saturated heterocycles. The quantitative estimate of drug-likeness (QED) is 0.391. The molecule has 5 heavy (non-hydrogen) atoms. The Morgan fingerprint density at radius 2 is 1.20 bits per heavy atom. The van der Waals surface area contributed by atoms with Crippen molar-refractivity contribution in [2.45, 2.75) is 0 Å². The summed E-state index contributed by atoms with van der Waals surface area (Å²) >= 11 is 5.90. The molecule has 0 aliphatic rings. The van der Waals surface area contributed by atoms with Crippen LogP contribution in [-0.2, 0) is 3.74 Å². The first-order valence-electron chi connectivity index (χ1n) is 0.690. The van der Waals surface area contributed by atoms with Crippen LogP contribution >= 0.6 is 60.4 Å². The molecule has 0 amide bonds. The number of halogens is 3. The number of hydrogen-bond acceptors (Lipinski definition) is 1. The predicted octanol–water partition coefficient (Wildman–Crippen LogP) is 2.16. The van der Waals surface area contributed by atoms with Crippen molar-refractivity contribution in [1.29, 1.82) is 0 Å². The Labute approximate surface area is 65.9 Å². The fourth-order valence-electron chi connectivity index (χ4n) is 0. The summed E-state index contributed by atoms with van der Waals surface area (Å²) in [6, 6.07) is 0. The summed E-state index contributed by atoms with van der Waals surface area (Å²) in [4.78, 5) is 0. The van der Waals surface area contributed by atoms with Gasteiger partial charge in [-0.25, -0.2) is 0 Å². The van der Waals surface area contributed by atoms with Crippen molar-refractivity contribution in [2.24, 2.45) is 0 Å². The van der Waals surface area contributed by atoms with Crippen molar-refractivity contribution in [1.82, 2.24) is 0 Å². The number of rotatable bonds is 0. The van der Waals surface area contributed by atoms with Gasteiger partial charge in [-0.3, -0.25) is 0 Å². The van der Waals surface area contributed by atoms with Crippen LogP contribution in [0.5, 0.6) is 0 Å². The SMILES string of the molecule is O=[As](I)(I)I. The van der Waals surface area contributed by atoms with Crippen LogP contribution in [0.2, 0.25) is 0 Å². The van der Waals surface area contributed by atoms with Gasteiger partial charge in [0.05, 0.1) is 0 Å². The van der Waals surface area contributed by atoms with E-state index in [2.05, 4.69) is 0 Å². The molecule has 0 aromatic carbocycles. The Hall–Kier alpha value is 2.55. The van der Waals surface area contributed by atoms with Crippen molar-refractivity contribution >= 4 is 63.8 Å². The molecule has 0 radical (unpaired) electrons. The molecular formula is AsI3O. The maximum atomic E-state index is 10.2. The first kappa shape index (κ1) is 7.55. The molecule has 0 bridgehead atoms. The van der Waals surface area contributed by atoms with E-state index in [0.29, 0.717) is 0 Å². The van der Waals surface area contributed by atoms with Gasteiger partial charge in [0.25, 0.3) is 0 Å². The van der Waals surface area contributed by atoms with Gasteiger partial charge in [0.2, 0.25) is 0 Å². The predicted molar refractivity (Wildman–Crippen MR) is 48.5 cm³/mol. The van der Waals surface area contributed by atoms with Gasteiger partial charge in [0.15, 0.2) is 0 Å². The molecule has 0 aliphatic heterocycles. The van der Waals surface area contributed by atoms with Crippen molar-refractivity contribution < 1.29 is 3.74 Å². The van der Waals surface area contributed by atoms with Gasteiger partial charge in [-0.1, -0.05) is 0 Å². The zero-order chi connectivity index (χ0) is 4.50. The van der Waals surface area contributed by atoms with E-state index in [4.69, 9.17) is 0 Å². The molecule has 0 fully saturated rings. The Bertz CT molecular complexity index is 53.0. The van der Waals surface area contributed by atoms with E-state index in [0.717, 1.165) is 0 Å². The summed E-state index contributed by atoms with van der Waals surface area (Å²) in [5.74, 6) is 0. The molecular weight excluding hydrogens is 472 g/mol. The van der Waals surface area contributed by atoms with E-state index in [1.807, 2.05) is 60.4 Å². The van der Waals surface area contributed by atoms with Crippen LogP contribution in [0.25, 0.3) is 0 Å². The molecule has 1 nitrogen and oxygen atoms in total. The van der Waals surface area contributed by atoms with E-state index < -0.39 is 3.44 Å². The van der Waals surface area contributed by atoms with Gasteiger partial charge in [0, 0.05) is 0 Å². The van der Waals surface area contributed by atoms with Gasteiger partial charge in [-0.05, 0) is 0 Å². The second-order valence-electron chi connectivity index (χ2n) is 0.399. The van der Waals surface area contributed by atoms with Crippen LogP contribution in [-0.4, -0.2) is 3.44 Å². The second-order valence-corrected chi connectivity index (χ2v) is 52.0. The standard InChI is InChI=1S/AsI3O/c2-1(3,4)5. The molecule has 0 saturated carbocycles. The van der Waals surface area contributed by atoms with Crippen LogP contribution in [0.3, 0.4) is 0 Å². The zero-order valence-corrected chi connectivity index (χ0v) is 10.3. The van der Waals surface area contributed by atoms with Gasteiger partial charge < -0.3 is 0 Å². The molecule has 0 heterocycles. The molecule has 0 aromatic rings. The van der Waals surface area contributed by atoms with Crippen molar-refractivity contribution in [2.75, 3.05) is 0 Å². The second kappa shape index (κ2) is 2.76. The normalized spacial score (nSPS) is 11.8. The molecule has 0 aliphatic carbocycles. The first-order chi connectivity index (χ1) is 2.00. The molecule has 32 valence electrons. The molecule has 0 aromatic heterocycles. The van der Waals surface area contributed by atoms with E-state index >= 15 is 0 Å². The molecule has 0 atom stereocenters. The minimum atomic E-state index is -2.22. The van der Waals surface area contributed by atoms with Gasteiger partial charge in [0.1, 0.15) is 0 Å². The minimum absolute atomic E-state index is 1.97. The van der Waals surface area contributed by atoms with Crippen molar-refractivity contribution in [3.63, 3.8) is 0 Å².